The topological polar surface area (TPSA) is 87.1 Å². The van der Waals surface area contributed by atoms with Gasteiger partial charge >= 0.3 is 5.97 Å². The lowest BCUT2D eigenvalue weighted by Crippen LogP contribution is -2.38. The molecular formula is C14H19NO5. The summed E-state index contributed by atoms with van der Waals surface area (Å²) in [6.07, 6.45) is 0. The Balaban J connectivity index is 2.83. The third-order valence-corrected chi connectivity index (χ3v) is 2.91. The molecule has 1 atom stereocenters. The standard InChI is InChI=1S/C14H19NO5/c1-10(14(18)19)9-15(7-8-16)13(17)11-3-5-12(20-2)6-4-11/h3-6,10,16H,7-9H2,1-2H3,(H,18,19). The predicted molar refractivity (Wildman–Crippen MR) is 72.8 cm³/mol. The molecule has 0 saturated carbocycles. The molecule has 6 heteroatoms. The van der Waals surface area contributed by atoms with Gasteiger partial charge in [0.25, 0.3) is 5.91 Å². The molecule has 1 rings (SSSR count). The SMILES string of the molecule is COc1ccc(C(=O)N(CCO)CC(C)C(=O)O)cc1. The largest absolute Gasteiger partial charge is 0.497 e. The molecule has 1 amide bonds. The highest BCUT2D eigenvalue weighted by atomic mass is 16.5. The molecule has 110 valence electrons. The number of hydrogen-bond acceptors (Lipinski definition) is 4. The second-order valence-electron chi connectivity index (χ2n) is 4.44. The number of aliphatic hydroxyl groups excluding tert-OH is 1. The zero-order chi connectivity index (χ0) is 15.1. The Labute approximate surface area is 117 Å². The average Bonchev–Trinajstić information content (AvgIpc) is 2.46. The minimum Gasteiger partial charge on any atom is -0.497 e. The molecule has 0 heterocycles. The average molecular weight is 281 g/mol. The van der Waals surface area contributed by atoms with Crippen LogP contribution in [-0.4, -0.2) is 53.8 Å². The summed E-state index contributed by atoms with van der Waals surface area (Å²) in [7, 11) is 1.53. The van der Waals surface area contributed by atoms with Gasteiger partial charge in [0.1, 0.15) is 5.75 Å². The van der Waals surface area contributed by atoms with Crippen molar-refractivity contribution in [3.05, 3.63) is 29.8 Å². The van der Waals surface area contributed by atoms with Crippen LogP contribution in [-0.2, 0) is 4.79 Å². The molecular weight excluding hydrogens is 262 g/mol. The molecule has 0 radical (unpaired) electrons. The molecule has 0 aliphatic heterocycles. The molecule has 1 unspecified atom stereocenters. The fourth-order valence-electron chi connectivity index (χ4n) is 1.72. The highest BCUT2D eigenvalue weighted by Gasteiger charge is 2.21. The number of carbonyl (C=O) groups excluding carboxylic acids is 1. The summed E-state index contributed by atoms with van der Waals surface area (Å²) >= 11 is 0. The lowest BCUT2D eigenvalue weighted by Gasteiger charge is -2.23. The number of aliphatic hydroxyl groups is 1. The fourth-order valence-corrected chi connectivity index (χ4v) is 1.72. The number of carboxylic acids is 1. The Kier molecular flexibility index (Phi) is 5.99. The van der Waals surface area contributed by atoms with Gasteiger partial charge in [-0.05, 0) is 24.3 Å². The van der Waals surface area contributed by atoms with Crippen LogP contribution in [0.3, 0.4) is 0 Å². The first kappa shape index (κ1) is 16.0. The first-order valence-corrected chi connectivity index (χ1v) is 6.26. The number of ether oxygens (including phenoxy) is 1. The van der Waals surface area contributed by atoms with E-state index in [1.165, 1.54) is 18.9 Å². The van der Waals surface area contributed by atoms with Crippen molar-refractivity contribution in [2.45, 2.75) is 6.92 Å². The van der Waals surface area contributed by atoms with Crippen molar-refractivity contribution in [1.82, 2.24) is 4.90 Å². The van der Waals surface area contributed by atoms with Crippen molar-refractivity contribution in [2.24, 2.45) is 5.92 Å². The van der Waals surface area contributed by atoms with Gasteiger partial charge < -0.3 is 19.8 Å². The first-order chi connectivity index (χ1) is 9.49. The maximum Gasteiger partial charge on any atom is 0.308 e. The van der Waals surface area contributed by atoms with Gasteiger partial charge in [0.15, 0.2) is 0 Å². The maximum absolute atomic E-state index is 12.3. The van der Waals surface area contributed by atoms with Crippen molar-refractivity contribution in [3.8, 4) is 5.75 Å². The minimum atomic E-state index is -0.976. The van der Waals surface area contributed by atoms with Crippen molar-refractivity contribution in [1.29, 1.82) is 0 Å². The highest BCUT2D eigenvalue weighted by molar-refractivity contribution is 5.94. The Morgan fingerprint density at radius 3 is 2.35 bits per heavy atom. The van der Waals surface area contributed by atoms with Crippen molar-refractivity contribution < 1.29 is 24.5 Å². The summed E-state index contributed by atoms with van der Waals surface area (Å²) in [4.78, 5) is 24.5. The Morgan fingerprint density at radius 1 is 1.30 bits per heavy atom. The number of methoxy groups -OCH3 is 1. The van der Waals surface area contributed by atoms with Crippen LogP contribution in [0.1, 0.15) is 17.3 Å². The van der Waals surface area contributed by atoms with Crippen molar-refractivity contribution >= 4 is 11.9 Å². The number of carbonyl (C=O) groups is 2. The zero-order valence-corrected chi connectivity index (χ0v) is 11.6. The number of carboxylic acid groups (broad SMARTS) is 1. The third-order valence-electron chi connectivity index (χ3n) is 2.91. The zero-order valence-electron chi connectivity index (χ0n) is 11.6. The number of hydrogen-bond donors (Lipinski definition) is 2. The molecule has 0 aliphatic rings. The van der Waals surface area contributed by atoms with E-state index < -0.39 is 11.9 Å². The molecule has 6 nitrogen and oxygen atoms in total. The van der Waals surface area contributed by atoms with Gasteiger partial charge in [0.05, 0.1) is 19.6 Å². The smallest absolute Gasteiger partial charge is 0.308 e. The second kappa shape index (κ2) is 7.49. The fraction of sp³-hybridized carbons (Fsp3) is 0.429. The number of nitrogens with zero attached hydrogens (tertiary/aromatic N) is 1. The van der Waals surface area contributed by atoms with Gasteiger partial charge in [0.2, 0.25) is 0 Å². The van der Waals surface area contributed by atoms with Crippen molar-refractivity contribution in [2.75, 3.05) is 26.8 Å². The van der Waals surface area contributed by atoms with E-state index in [1.54, 1.807) is 24.3 Å². The Hall–Kier alpha value is -2.08. The summed E-state index contributed by atoms with van der Waals surface area (Å²) in [5.41, 5.74) is 0.428. The van der Waals surface area contributed by atoms with Crippen LogP contribution in [0, 0.1) is 5.92 Å². The second-order valence-corrected chi connectivity index (χ2v) is 4.44. The number of rotatable bonds is 7. The first-order valence-electron chi connectivity index (χ1n) is 6.26. The van der Waals surface area contributed by atoms with Crippen LogP contribution in [0.4, 0.5) is 0 Å². The van der Waals surface area contributed by atoms with Gasteiger partial charge in [-0.25, -0.2) is 0 Å². The van der Waals surface area contributed by atoms with Crippen LogP contribution in [0.5, 0.6) is 5.75 Å². The van der Waals surface area contributed by atoms with Crippen LogP contribution in [0.15, 0.2) is 24.3 Å². The quantitative estimate of drug-likeness (QED) is 0.773. The lowest BCUT2D eigenvalue weighted by atomic mass is 10.1. The molecule has 0 spiro atoms. The van der Waals surface area contributed by atoms with Gasteiger partial charge in [-0.2, -0.15) is 0 Å². The molecule has 20 heavy (non-hydrogen) atoms. The van der Waals surface area contributed by atoms with E-state index >= 15 is 0 Å². The summed E-state index contributed by atoms with van der Waals surface area (Å²) in [6, 6.07) is 6.53. The minimum absolute atomic E-state index is 0.0563. The number of aliphatic carboxylic acids is 1. The van der Waals surface area contributed by atoms with E-state index in [0.717, 1.165) is 0 Å². The third kappa shape index (κ3) is 4.24. The number of amides is 1. The molecule has 0 aromatic heterocycles. The molecule has 2 N–H and O–H groups in total. The van der Waals surface area contributed by atoms with E-state index in [1.807, 2.05) is 0 Å². The van der Waals surface area contributed by atoms with E-state index in [4.69, 9.17) is 14.9 Å². The van der Waals surface area contributed by atoms with Gasteiger partial charge in [-0.3, -0.25) is 9.59 Å². The van der Waals surface area contributed by atoms with E-state index in [9.17, 15) is 9.59 Å². The lowest BCUT2D eigenvalue weighted by molar-refractivity contribution is -0.141. The van der Waals surface area contributed by atoms with Crippen molar-refractivity contribution in [3.63, 3.8) is 0 Å². The molecule has 1 aromatic carbocycles. The number of benzene rings is 1. The summed E-state index contributed by atoms with van der Waals surface area (Å²) in [5.74, 6) is -1.34. The molecule has 1 aromatic rings. The summed E-state index contributed by atoms with van der Waals surface area (Å²) in [5, 5.41) is 17.9. The van der Waals surface area contributed by atoms with Crippen LogP contribution in [0.25, 0.3) is 0 Å². The predicted octanol–water partition coefficient (Wildman–Crippen LogP) is 0.850. The van der Waals surface area contributed by atoms with E-state index in [2.05, 4.69) is 0 Å². The molecule has 0 saturated heterocycles. The van der Waals surface area contributed by atoms with Crippen LogP contribution >= 0.6 is 0 Å². The monoisotopic (exact) mass is 281 g/mol. The normalized spacial score (nSPS) is 11.8. The Bertz CT molecular complexity index is 457. The van der Waals surface area contributed by atoms with E-state index in [0.29, 0.717) is 11.3 Å². The van der Waals surface area contributed by atoms with Crippen LogP contribution < -0.4 is 4.74 Å². The van der Waals surface area contributed by atoms with Crippen LogP contribution in [0.2, 0.25) is 0 Å². The van der Waals surface area contributed by atoms with E-state index in [-0.39, 0.29) is 25.6 Å². The Morgan fingerprint density at radius 2 is 1.90 bits per heavy atom. The maximum atomic E-state index is 12.3. The molecule has 0 bridgehead atoms. The summed E-state index contributed by atoms with van der Waals surface area (Å²) in [6.45, 7) is 1.46. The summed E-state index contributed by atoms with van der Waals surface area (Å²) < 4.78 is 5.01. The van der Waals surface area contributed by atoms with Gasteiger partial charge in [-0.1, -0.05) is 6.92 Å². The highest BCUT2D eigenvalue weighted by Crippen LogP contribution is 2.14. The molecule has 0 aliphatic carbocycles. The van der Waals surface area contributed by atoms with Gasteiger partial charge in [-0.15, -0.1) is 0 Å². The van der Waals surface area contributed by atoms with Gasteiger partial charge in [0, 0.05) is 18.7 Å². The molecule has 0 fully saturated rings.